The molecular weight excluding hydrogens is 406 g/mol. The van der Waals surface area contributed by atoms with Gasteiger partial charge in [-0.05, 0) is 39.2 Å². The molecule has 164 valence electrons. The quantitative estimate of drug-likeness (QED) is 0.577. The number of urea groups is 1. The molecule has 2 amide bonds. The fraction of sp³-hybridized carbons (Fsp3) is 0.381. The van der Waals surface area contributed by atoms with Crippen molar-refractivity contribution in [3.63, 3.8) is 0 Å². The summed E-state index contributed by atoms with van der Waals surface area (Å²) in [5, 5.41) is 2.87. The number of methoxy groups -OCH3 is 1. The lowest BCUT2D eigenvalue weighted by atomic mass is 10.2. The van der Waals surface area contributed by atoms with Gasteiger partial charge >= 0.3 is 16.1 Å². The lowest BCUT2D eigenvalue weighted by molar-refractivity contribution is 0.202. The van der Waals surface area contributed by atoms with E-state index in [4.69, 9.17) is 8.92 Å². The third-order valence-corrected chi connectivity index (χ3v) is 5.50. The fourth-order valence-corrected chi connectivity index (χ4v) is 3.19. The molecule has 0 aliphatic rings. The van der Waals surface area contributed by atoms with Crippen LogP contribution in [0.4, 0.5) is 10.5 Å². The van der Waals surface area contributed by atoms with Gasteiger partial charge in [-0.2, -0.15) is 8.42 Å². The molecule has 0 fully saturated rings. The molecule has 0 aliphatic carbocycles. The maximum Gasteiger partial charge on any atom is 0.322 e. The van der Waals surface area contributed by atoms with E-state index in [-0.39, 0.29) is 24.1 Å². The van der Waals surface area contributed by atoms with Gasteiger partial charge in [0.1, 0.15) is 11.5 Å². The van der Waals surface area contributed by atoms with Gasteiger partial charge in [0.15, 0.2) is 0 Å². The molecule has 2 aromatic rings. The summed E-state index contributed by atoms with van der Waals surface area (Å²) in [6, 6.07) is 13.6. The van der Waals surface area contributed by atoms with Gasteiger partial charge in [0.25, 0.3) is 0 Å². The maximum atomic E-state index is 13.0. The highest BCUT2D eigenvalue weighted by atomic mass is 32.2. The molecule has 0 saturated heterocycles. The summed E-state index contributed by atoms with van der Waals surface area (Å²) in [6.45, 7) is 2.77. The first kappa shape index (κ1) is 23.5. The van der Waals surface area contributed by atoms with E-state index < -0.39 is 10.1 Å². The summed E-state index contributed by atoms with van der Waals surface area (Å²) in [5.41, 5.74) is 1.15. The molecule has 30 heavy (non-hydrogen) atoms. The molecule has 0 atom stereocenters. The first-order chi connectivity index (χ1) is 14.3. The van der Waals surface area contributed by atoms with Crippen LogP contribution in [0, 0.1) is 0 Å². The predicted octanol–water partition coefficient (Wildman–Crippen LogP) is 3.02. The predicted molar refractivity (Wildman–Crippen MR) is 118 cm³/mol. The zero-order valence-electron chi connectivity index (χ0n) is 17.8. The fourth-order valence-electron chi connectivity index (χ4n) is 2.63. The molecule has 2 rings (SSSR count). The molecular formula is C21H29N3O5S. The highest BCUT2D eigenvalue weighted by Gasteiger charge is 2.19. The maximum absolute atomic E-state index is 13.0. The molecule has 2 aromatic carbocycles. The Morgan fingerprint density at radius 1 is 1.00 bits per heavy atom. The Kier molecular flexibility index (Phi) is 8.49. The van der Waals surface area contributed by atoms with E-state index >= 15 is 0 Å². The van der Waals surface area contributed by atoms with E-state index in [2.05, 4.69) is 5.32 Å². The third kappa shape index (κ3) is 6.93. The van der Waals surface area contributed by atoms with Crippen molar-refractivity contribution in [3.05, 3.63) is 54.1 Å². The summed E-state index contributed by atoms with van der Waals surface area (Å²) >= 11 is 0. The number of anilines is 1. The highest BCUT2D eigenvalue weighted by molar-refractivity contribution is 7.87. The van der Waals surface area contributed by atoms with Crippen molar-refractivity contribution in [2.75, 3.05) is 45.4 Å². The number of hydrogen-bond donors (Lipinski definition) is 1. The normalized spacial score (nSPS) is 11.2. The molecule has 0 spiro atoms. The van der Waals surface area contributed by atoms with Crippen molar-refractivity contribution in [1.82, 2.24) is 9.80 Å². The Labute approximate surface area is 178 Å². The van der Waals surface area contributed by atoms with E-state index in [1.807, 2.05) is 25.1 Å². The number of carbonyl (C=O) groups excluding carboxylic acids is 1. The van der Waals surface area contributed by atoms with Gasteiger partial charge in [0, 0.05) is 18.7 Å². The van der Waals surface area contributed by atoms with Gasteiger partial charge in [-0.1, -0.05) is 30.3 Å². The molecule has 0 saturated carbocycles. The van der Waals surface area contributed by atoms with Gasteiger partial charge in [-0.3, -0.25) is 0 Å². The number of para-hydroxylation sites is 3. The first-order valence-corrected chi connectivity index (χ1v) is 11.2. The van der Waals surface area contributed by atoms with E-state index in [1.165, 1.54) is 14.0 Å². The number of likely N-dealkylation sites (N-methyl/N-ethyl adjacent to an activating group) is 1. The summed E-state index contributed by atoms with van der Waals surface area (Å²) < 4.78 is 34.4. The minimum absolute atomic E-state index is 0.139. The van der Waals surface area contributed by atoms with Crippen LogP contribution in [0.5, 0.6) is 11.5 Å². The summed E-state index contributed by atoms with van der Waals surface area (Å²) in [4.78, 5) is 16.6. The lowest BCUT2D eigenvalue weighted by Gasteiger charge is -2.26. The van der Waals surface area contributed by atoms with Crippen LogP contribution in [0.3, 0.4) is 0 Å². The topological polar surface area (TPSA) is 88.2 Å². The van der Waals surface area contributed by atoms with Crippen molar-refractivity contribution in [3.8, 4) is 11.5 Å². The standard InChI is InChI=1S/C21H29N3O5S/c1-5-30(26,27)29-19-12-8-6-10-17(19)16-24(15-14-23(2)3)21(25)22-18-11-7-9-13-20(18)28-4/h6-13H,5,14-16H2,1-4H3,(H,22,25). The minimum Gasteiger partial charge on any atom is -0.495 e. The summed E-state index contributed by atoms with van der Waals surface area (Å²) in [7, 11) is 1.70. The number of nitrogens with one attached hydrogen (secondary N) is 1. The largest absolute Gasteiger partial charge is 0.495 e. The van der Waals surface area contributed by atoms with Crippen LogP contribution in [-0.4, -0.2) is 64.3 Å². The number of amides is 2. The Balaban J connectivity index is 2.26. The van der Waals surface area contributed by atoms with Gasteiger partial charge in [0.05, 0.1) is 25.1 Å². The Bertz CT molecular complexity index is 947. The molecule has 1 N–H and O–H groups in total. The van der Waals surface area contributed by atoms with Crippen LogP contribution < -0.4 is 14.2 Å². The smallest absolute Gasteiger partial charge is 0.322 e. The van der Waals surface area contributed by atoms with Crippen LogP contribution in [0.2, 0.25) is 0 Å². The van der Waals surface area contributed by atoms with Gasteiger partial charge in [-0.15, -0.1) is 0 Å². The molecule has 0 radical (unpaired) electrons. The van der Waals surface area contributed by atoms with Crippen LogP contribution in [0.15, 0.2) is 48.5 Å². The average Bonchev–Trinajstić information content (AvgIpc) is 2.72. The number of rotatable bonds is 10. The van der Waals surface area contributed by atoms with Crippen LogP contribution in [0.25, 0.3) is 0 Å². The van der Waals surface area contributed by atoms with E-state index in [0.717, 1.165) is 0 Å². The highest BCUT2D eigenvalue weighted by Crippen LogP contribution is 2.25. The second kappa shape index (κ2) is 10.8. The van der Waals surface area contributed by atoms with Gasteiger partial charge in [-0.25, -0.2) is 4.79 Å². The lowest BCUT2D eigenvalue weighted by Crippen LogP contribution is -2.39. The van der Waals surface area contributed by atoms with Crippen molar-refractivity contribution in [1.29, 1.82) is 0 Å². The molecule has 8 nitrogen and oxygen atoms in total. The van der Waals surface area contributed by atoms with Crippen molar-refractivity contribution in [2.24, 2.45) is 0 Å². The SMILES string of the molecule is CCS(=O)(=O)Oc1ccccc1CN(CCN(C)C)C(=O)Nc1ccccc1OC. The van der Waals surface area contributed by atoms with Crippen LogP contribution in [-0.2, 0) is 16.7 Å². The number of carbonyl (C=O) groups is 1. The zero-order chi connectivity index (χ0) is 22.1. The van der Waals surface area contributed by atoms with E-state index in [9.17, 15) is 13.2 Å². The third-order valence-electron chi connectivity index (χ3n) is 4.36. The molecule has 9 heteroatoms. The van der Waals surface area contributed by atoms with Crippen molar-refractivity contribution >= 4 is 21.8 Å². The number of nitrogens with zero attached hydrogens (tertiary/aromatic N) is 2. The summed E-state index contributed by atoms with van der Waals surface area (Å²) in [6.07, 6.45) is 0. The molecule has 0 aromatic heterocycles. The zero-order valence-corrected chi connectivity index (χ0v) is 18.6. The van der Waals surface area contributed by atoms with Crippen molar-refractivity contribution < 1.29 is 22.1 Å². The van der Waals surface area contributed by atoms with Crippen molar-refractivity contribution in [2.45, 2.75) is 13.5 Å². The van der Waals surface area contributed by atoms with Crippen LogP contribution >= 0.6 is 0 Å². The summed E-state index contributed by atoms with van der Waals surface area (Å²) in [5.74, 6) is 0.635. The molecule has 0 unspecified atom stereocenters. The molecule has 0 heterocycles. The van der Waals surface area contributed by atoms with E-state index in [1.54, 1.807) is 47.4 Å². The second-order valence-corrected chi connectivity index (χ2v) is 8.75. The van der Waals surface area contributed by atoms with Gasteiger partial charge < -0.3 is 24.0 Å². The van der Waals surface area contributed by atoms with Gasteiger partial charge in [0.2, 0.25) is 0 Å². The molecule has 0 aliphatic heterocycles. The Morgan fingerprint density at radius 2 is 1.63 bits per heavy atom. The first-order valence-electron chi connectivity index (χ1n) is 9.59. The average molecular weight is 436 g/mol. The Morgan fingerprint density at radius 3 is 2.27 bits per heavy atom. The number of hydrogen-bond acceptors (Lipinski definition) is 6. The Hall–Kier alpha value is -2.78. The van der Waals surface area contributed by atoms with E-state index in [0.29, 0.717) is 30.1 Å². The number of benzene rings is 2. The minimum atomic E-state index is -3.68. The molecule has 0 bridgehead atoms. The second-order valence-electron chi connectivity index (χ2n) is 6.89. The number of ether oxygens (including phenoxy) is 1. The van der Waals surface area contributed by atoms with Crippen LogP contribution in [0.1, 0.15) is 12.5 Å². The monoisotopic (exact) mass is 435 g/mol.